The smallest absolute Gasteiger partial charge is 0.219 e. The first kappa shape index (κ1) is 16.6. The summed E-state index contributed by atoms with van der Waals surface area (Å²) in [6.07, 6.45) is 6.66. The Morgan fingerprint density at radius 2 is 2.08 bits per heavy atom. The molecule has 7 heteroatoms. The number of oxime groups is 1. The maximum atomic E-state index is 9.33. The van der Waals surface area contributed by atoms with E-state index in [2.05, 4.69) is 16.2 Å². The van der Waals surface area contributed by atoms with Crippen molar-refractivity contribution in [2.45, 2.75) is 6.42 Å². The van der Waals surface area contributed by atoms with Crippen LogP contribution in [-0.4, -0.2) is 34.0 Å². The summed E-state index contributed by atoms with van der Waals surface area (Å²) >= 11 is 12.0. The van der Waals surface area contributed by atoms with E-state index in [1.165, 1.54) is 0 Å². The Morgan fingerprint density at radius 1 is 1.21 bits per heavy atom. The fourth-order valence-electron chi connectivity index (χ4n) is 2.38. The van der Waals surface area contributed by atoms with Gasteiger partial charge in [0.1, 0.15) is 5.75 Å². The molecule has 0 saturated carbocycles. The molecule has 3 rings (SSSR count). The molecule has 0 aliphatic carbocycles. The van der Waals surface area contributed by atoms with Crippen LogP contribution in [0.4, 0.5) is 0 Å². The van der Waals surface area contributed by atoms with Crippen LogP contribution in [0.25, 0.3) is 0 Å². The van der Waals surface area contributed by atoms with Crippen LogP contribution in [0.15, 0.2) is 53.8 Å². The van der Waals surface area contributed by atoms with Crippen LogP contribution in [0.1, 0.15) is 12.0 Å². The highest BCUT2D eigenvalue weighted by molar-refractivity contribution is 6.34. The second-order valence-corrected chi connectivity index (χ2v) is 6.04. The van der Waals surface area contributed by atoms with E-state index in [1.807, 2.05) is 11.0 Å². The molecule has 0 amide bonds. The summed E-state index contributed by atoms with van der Waals surface area (Å²) in [6.45, 7) is 1.50. The number of hydrogen-bond acceptors (Lipinski definition) is 4. The zero-order valence-corrected chi connectivity index (χ0v) is 14.2. The summed E-state index contributed by atoms with van der Waals surface area (Å²) in [4.78, 5) is 6.23. The quantitative estimate of drug-likeness (QED) is 0.285. The highest BCUT2D eigenvalue weighted by atomic mass is 35.5. The largest absolute Gasteiger partial charge is 0.437 e. The van der Waals surface area contributed by atoms with E-state index in [4.69, 9.17) is 27.9 Å². The van der Waals surface area contributed by atoms with Gasteiger partial charge in [-0.2, -0.15) is 0 Å². The van der Waals surface area contributed by atoms with Gasteiger partial charge in [-0.05, 0) is 24.6 Å². The molecule has 1 aliphatic heterocycles. The Hall–Kier alpha value is -2.24. The maximum Gasteiger partial charge on any atom is 0.219 e. The summed E-state index contributed by atoms with van der Waals surface area (Å²) in [5.74, 6) is 1.29. The Morgan fingerprint density at radius 3 is 2.75 bits per heavy atom. The number of nitrogens with zero attached hydrogens (tertiary/aromatic N) is 3. The number of ether oxygens (including phenoxy) is 1. The molecule has 0 fully saturated rings. The minimum atomic E-state index is 0.374. The lowest BCUT2D eigenvalue weighted by molar-refractivity contribution is 0.303. The van der Waals surface area contributed by atoms with E-state index in [0.717, 1.165) is 13.0 Å². The van der Waals surface area contributed by atoms with Crippen molar-refractivity contribution in [2.24, 2.45) is 5.16 Å². The molecule has 24 heavy (non-hydrogen) atoms. The second kappa shape index (κ2) is 7.55. The molecule has 0 atom stereocenters. The topological polar surface area (TPSA) is 58.0 Å². The van der Waals surface area contributed by atoms with Crippen LogP contribution in [-0.2, 0) is 0 Å². The number of pyridine rings is 1. The third-order valence-electron chi connectivity index (χ3n) is 3.55. The van der Waals surface area contributed by atoms with Crippen molar-refractivity contribution in [3.8, 4) is 11.6 Å². The Labute approximate surface area is 149 Å². The summed E-state index contributed by atoms with van der Waals surface area (Å²) in [7, 11) is 0. The number of hydrogen-bond donors (Lipinski definition) is 1. The van der Waals surface area contributed by atoms with Crippen LogP contribution >= 0.6 is 23.2 Å². The Balaban J connectivity index is 1.77. The van der Waals surface area contributed by atoms with Crippen LogP contribution in [0.2, 0.25) is 10.0 Å². The first-order valence-corrected chi connectivity index (χ1v) is 8.14. The first-order chi connectivity index (χ1) is 11.7. The van der Waals surface area contributed by atoms with E-state index in [-0.39, 0.29) is 0 Å². The lowest BCUT2D eigenvalue weighted by Gasteiger charge is -2.25. The predicted octanol–water partition coefficient (Wildman–Crippen LogP) is 4.58. The summed E-state index contributed by atoms with van der Waals surface area (Å²) < 4.78 is 5.65. The molecule has 0 unspecified atom stereocenters. The van der Waals surface area contributed by atoms with Gasteiger partial charge in [0, 0.05) is 42.0 Å². The van der Waals surface area contributed by atoms with E-state index >= 15 is 0 Å². The minimum Gasteiger partial charge on any atom is -0.437 e. The van der Waals surface area contributed by atoms with Crippen LogP contribution in [0.3, 0.4) is 0 Å². The lowest BCUT2D eigenvalue weighted by atomic mass is 10.2. The van der Waals surface area contributed by atoms with Gasteiger partial charge in [0.05, 0.1) is 5.02 Å². The molecule has 0 saturated heterocycles. The average Bonchev–Trinajstić information content (AvgIpc) is 2.61. The molecule has 1 N–H and O–H groups in total. The van der Waals surface area contributed by atoms with E-state index in [9.17, 15) is 5.21 Å². The van der Waals surface area contributed by atoms with Crippen molar-refractivity contribution in [1.82, 2.24) is 9.88 Å². The molecule has 5 nitrogen and oxygen atoms in total. The summed E-state index contributed by atoms with van der Waals surface area (Å²) in [5, 5.41) is 13.7. The molecule has 0 spiro atoms. The van der Waals surface area contributed by atoms with Crippen molar-refractivity contribution in [2.75, 3.05) is 13.1 Å². The number of halogens is 2. The average molecular weight is 364 g/mol. The van der Waals surface area contributed by atoms with Crippen molar-refractivity contribution in [3.63, 3.8) is 0 Å². The first-order valence-electron chi connectivity index (χ1n) is 7.38. The fraction of sp³-hybridized carbons (Fsp3) is 0.176. The van der Waals surface area contributed by atoms with Crippen LogP contribution < -0.4 is 4.74 Å². The zero-order valence-electron chi connectivity index (χ0n) is 12.7. The lowest BCUT2D eigenvalue weighted by Crippen LogP contribution is -2.34. The third-order valence-corrected chi connectivity index (χ3v) is 4.10. The second-order valence-electron chi connectivity index (χ2n) is 5.19. The molecule has 2 heterocycles. The van der Waals surface area contributed by atoms with Crippen LogP contribution in [0.5, 0.6) is 11.6 Å². The molecule has 124 valence electrons. The highest BCUT2D eigenvalue weighted by Crippen LogP contribution is 2.31. The summed E-state index contributed by atoms with van der Waals surface area (Å²) in [6, 6.07) is 8.45. The molecular formula is C17H15Cl2N3O2. The molecule has 1 aliphatic rings. The van der Waals surface area contributed by atoms with Gasteiger partial charge in [-0.15, -0.1) is 0 Å². The molecule has 1 aromatic carbocycles. The van der Waals surface area contributed by atoms with Crippen molar-refractivity contribution in [3.05, 3.63) is 64.3 Å². The SMILES string of the molecule is O/N=C(/c1ccc(Oc2cc(Cl)ccc2Cl)nc1)N1CC=CCC1. The van der Waals surface area contributed by atoms with Crippen molar-refractivity contribution < 1.29 is 9.94 Å². The summed E-state index contributed by atoms with van der Waals surface area (Å²) in [5.41, 5.74) is 0.706. The molecule has 1 aromatic heterocycles. The molecular weight excluding hydrogens is 349 g/mol. The van der Waals surface area contributed by atoms with Crippen molar-refractivity contribution >= 4 is 29.0 Å². The van der Waals surface area contributed by atoms with Gasteiger partial charge in [0.2, 0.25) is 5.88 Å². The monoisotopic (exact) mass is 363 g/mol. The Bertz CT molecular complexity index is 776. The number of rotatable bonds is 3. The zero-order chi connectivity index (χ0) is 16.9. The van der Waals surface area contributed by atoms with Gasteiger partial charge in [-0.3, -0.25) is 0 Å². The highest BCUT2D eigenvalue weighted by Gasteiger charge is 2.15. The molecule has 0 bridgehead atoms. The fourth-order valence-corrected chi connectivity index (χ4v) is 2.70. The van der Waals surface area contributed by atoms with Gasteiger partial charge in [0.25, 0.3) is 0 Å². The normalized spacial score (nSPS) is 14.8. The standard InChI is InChI=1S/C17H15Cl2N3O2/c18-13-5-6-14(19)15(10-13)24-16-7-4-12(11-20-16)17(21-23)22-8-2-1-3-9-22/h1-2,4-7,10-11,23H,3,8-9H2/b21-17-. The Kier molecular flexibility index (Phi) is 5.23. The number of amidine groups is 1. The number of benzene rings is 1. The molecule has 2 aromatic rings. The van der Waals surface area contributed by atoms with Gasteiger partial charge in [-0.1, -0.05) is 40.5 Å². The van der Waals surface area contributed by atoms with Gasteiger partial charge >= 0.3 is 0 Å². The number of aromatic nitrogens is 1. The minimum absolute atomic E-state index is 0.374. The van der Waals surface area contributed by atoms with Crippen molar-refractivity contribution in [1.29, 1.82) is 0 Å². The van der Waals surface area contributed by atoms with Gasteiger partial charge < -0.3 is 14.8 Å². The predicted molar refractivity (Wildman–Crippen MR) is 94.4 cm³/mol. The van der Waals surface area contributed by atoms with Gasteiger partial charge in [-0.25, -0.2) is 4.98 Å². The van der Waals surface area contributed by atoms with E-state index in [1.54, 1.807) is 36.5 Å². The molecule has 0 radical (unpaired) electrons. The maximum absolute atomic E-state index is 9.33. The van der Waals surface area contributed by atoms with E-state index < -0.39 is 0 Å². The third kappa shape index (κ3) is 3.80. The van der Waals surface area contributed by atoms with Crippen LogP contribution in [0, 0.1) is 0 Å². The van der Waals surface area contributed by atoms with E-state index in [0.29, 0.717) is 39.6 Å². The van der Waals surface area contributed by atoms with Gasteiger partial charge in [0.15, 0.2) is 5.84 Å².